The maximum Gasteiger partial charge on any atom is 0.407 e. The number of benzene rings is 1. The van der Waals surface area contributed by atoms with Crippen molar-refractivity contribution >= 4 is 17.7 Å². The molecular weight excluding hydrogens is 295 g/mol. The number of carbonyl (C=O) groups is 1. The summed E-state index contributed by atoms with van der Waals surface area (Å²) in [7, 11) is 0. The Balaban J connectivity index is 1.74. The average molecular weight is 315 g/mol. The Morgan fingerprint density at radius 2 is 2.14 bits per heavy atom. The van der Waals surface area contributed by atoms with E-state index in [-0.39, 0.29) is 17.9 Å². The van der Waals surface area contributed by atoms with Gasteiger partial charge < -0.3 is 15.4 Å². The van der Waals surface area contributed by atoms with Crippen LogP contribution >= 0.6 is 11.6 Å². The second-order valence-corrected chi connectivity index (χ2v) is 6.62. The number of alkyl carbamates (subject to hydrolysis) is 1. The average Bonchev–Trinajstić information content (AvgIpc) is 3.03. The molecule has 21 heavy (non-hydrogen) atoms. The van der Waals surface area contributed by atoms with E-state index in [1.54, 1.807) is 6.07 Å². The molecule has 116 valence electrons. The highest BCUT2D eigenvalue weighted by Gasteiger charge is 2.38. The topological polar surface area (TPSA) is 50.4 Å². The van der Waals surface area contributed by atoms with Gasteiger partial charge in [-0.15, -0.1) is 0 Å². The summed E-state index contributed by atoms with van der Waals surface area (Å²) in [6.07, 6.45) is 0.439. The molecule has 1 amide bonds. The van der Waals surface area contributed by atoms with Crippen molar-refractivity contribution in [2.45, 2.75) is 51.4 Å². The number of nitrogens with one attached hydrogen (secondary N) is 2. The quantitative estimate of drug-likeness (QED) is 0.897. The minimum atomic E-state index is -0.496. The van der Waals surface area contributed by atoms with Gasteiger partial charge in [0.25, 0.3) is 0 Å². The third-order valence-electron chi connectivity index (χ3n) is 3.06. The number of carbonyl (C=O) groups excluding carboxylic acids is 1. The molecule has 1 aliphatic rings. The van der Waals surface area contributed by atoms with Crippen LogP contribution < -0.4 is 10.6 Å². The smallest absolute Gasteiger partial charge is 0.407 e. The summed E-state index contributed by atoms with van der Waals surface area (Å²) >= 11 is 5.96. The first-order chi connectivity index (χ1) is 9.74. The minimum Gasteiger partial charge on any atom is -0.444 e. The Kier molecular flexibility index (Phi) is 4.74. The van der Waals surface area contributed by atoms with Gasteiger partial charge in [-0.05, 0) is 44.9 Å². The van der Waals surface area contributed by atoms with Crippen molar-refractivity contribution in [3.8, 4) is 0 Å². The fourth-order valence-corrected chi connectivity index (χ4v) is 2.18. The van der Waals surface area contributed by atoms with Gasteiger partial charge in [0.05, 0.1) is 0 Å². The maximum absolute atomic E-state index is 12.9. The highest BCUT2D eigenvalue weighted by Crippen LogP contribution is 2.24. The van der Waals surface area contributed by atoms with Crippen LogP contribution in [0, 0.1) is 5.82 Å². The molecule has 1 fully saturated rings. The molecule has 1 aromatic carbocycles. The lowest BCUT2D eigenvalue weighted by atomic mass is 10.2. The fraction of sp³-hybridized carbons (Fsp3) is 0.533. The number of rotatable bonds is 4. The van der Waals surface area contributed by atoms with Crippen molar-refractivity contribution < 1.29 is 13.9 Å². The summed E-state index contributed by atoms with van der Waals surface area (Å²) in [5.74, 6) is -0.348. The molecule has 0 aromatic heterocycles. The summed E-state index contributed by atoms with van der Waals surface area (Å²) in [5.41, 5.74) is 0.338. The van der Waals surface area contributed by atoms with Gasteiger partial charge in [0, 0.05) is 23.7 Å². The van der Waals surface area contributed by atoms with Crippen molar-refractivity contribution in [2.24, 2.45) is 0 Å². The predicted octanol–water partition coefficient (Wildman–Crippen LogP) is 3.23. The zero-order valence-corrected chi connectivity index (χ0v) is 13.1. The Bertz CT molecular complexity index is 531. The first kappa shape index (κ1) is 16.0. The molecule has 2 unspecified atom stereocenters. The SMILES string of the molecule is CC(C)(C)OC(=O)NC1CC1NCc1ccc(F)cc1Cl. The zero-order valence-electron chi connectivity index (χ0n) is 12.4. The largest absolute Gasteiger partial charge is 0.444 e. The normalized spacial score (nSPS) is 21.0. The lowest BCUT2D eigenvalue weighted by Gasteiger charge is -2.19. The fourth-order valence-electron chi connectivity index (χ4n) is 1.95. The van der Waals surface area contributed by atoms with Crippen LogP contribution in [-0.2, 0) is 11.3 Å². The standard InChI is InChI=1S/C15H20ClFN2O2/c1-15(2,3)21-14(20)19-13-7-12(13)18-8-9-4-5-10(17)6-11(9)16/h4-6,12-13,18H,7-8H2,1-3H3,(H,19,20). The molecule has 2 N–H and O–H groups in total. The summed E-state index contributed by atoms with van der Waals surface area (Å²) in [5, 5.41) is 6.48. The lowest BCUT2D eigenvalue weighted by molar-refractivity contribution is 0.0522. The first-order valence-electron chi connectivity index (χ1n) is 6.91. The number of ether oxygens (including phenoxy) is 1. The third-order valence-corrected chi connectivity index (χ3v) is 3.41. The van der Waals surface area contributed by atoms with E-state index in [4.69, 9.17) is 16.3 Å². The molecule has 0 spiro atoms. The van der Waals surface area contributed by atoms with Gasteiger partial charge in [-0.1, -0.05) is 17.7 Å². The summed E-state index contributed by atoms with van der Waals surface area (Å²) in [6.45, 7) is 6.01. The number of hydrogen-bond acceptors (Lipinski definition) is 3. The van der Waals surface area contributed by atoms with Gasteiger partial charge in [0.1, 0.15) is 11.4 Å². The van der Waals surface area contributed by atoms with Crippen LogP contribution in [0.3, 0.4) is 0 Å². The molecule has 2 atom stereocenters. The summed E-state index contributed by atoms with van der Waals surface area (Å²) < 4.78 is 18.1. The van der Waals surface area contributed by atoms with Gasteiger partial charge in [-0.25, -0.2) is 9.18 Å². The molecule has 0 heterocycles. The second-order valence-electron chi connectivity index (χ2n) is 6.21. The van der Waals surface area contributed by atoms with Gasteiger partial charge in [0.2, 0.25) is 0 Å². The molecule has 0 bridgehead atoms. The van der Waals surface area contributed by atoms with Gasteiger partial charge in [-0.2, -0.15) is 0 Å². The van der Waals surface area contributed by atoms with Crippen LogP contribution in [0.4, 0.5) is 9.18 Å². The van der Waals surface area contributed by atoms with E-state index >= 15 is 0 Å². The van der Waals surface area contributed by atoms with E-state index in [1.165, 1.54) is 12.1 Å². The molecule has 1 aromatic rings. The number of halogens is 2. The van der Waals surface area contributed by atoms with Gasteiger partial charge in [0.15, 0.2) is 0 Å². The van der Waals surface area contributed by atoms with E-state index in [0.29, 0.717) is 11.6 Å². The molecule has 1 saturated carbocycles. The van der Waals surface area contributed by atoms with Crippen molar-refractivity contribution in [1.29, 1.82) is 0 Å². The Morgan fingerprint density at radius 3 is 2.76 bits per heavy atom. The van der Waals surface area contributed by atoms with E-state index in [1.807, 2.05) is 20.8 Å². The van der Waals surface area contributed by atoms with E-state index in [2.05, 4.69) is 10.6 Å². The van der Waals surface area contributed by atoms with Crippen molar-refractivity contribution in [2.75, 3.05) is 0 Å². The Labute approximate surface area is 129 Å². The molecule has 0 aliphatic heterocycles. The predicted molar refractivity (Wildman–Crippen MR) is 79.8 cm³/mol. The lowest BCUT2D eigenvalue weighted by Crippen LogP contribution is -2.36. The summed E-state index contributed by atoms with van der Waals surface area (Å²) in [6, 6.07) is 4.59. The molecule has 0 radical (unpaired) electrons. The van der Waals surface area contributed by atoms with E-state index in [9.17, 15) is 9.18 Å². The highest BCUT2D eigenvalue weighted by atomic mass is 35.5. The Morgan fingerprint density at radius 1 is 1.43 bits per heavy atom. The third kappa shape index (κ3) is 5.17. The van der Waals surface area contributed by atoms with Crippen LogP contribution in [0.2, 0.25) is 5.02 Å². The van der Waals surface area contributed by atoms with Crippen molar-refractivity contribution in [3.63, 3.8) is 0 Å². The van der Waals surface area contributed by atoms with Crippen LogP contribution in [-0.4, -0.2) is 23.8 Å². The zero-order chi connectivity index (χ0) is 15.6. The van der Waals surface area contributed by atoms with Crippen LogP contribution in [0.15, 0.2) is 18.2 Å². The van der Waals surface area contributed by atoms with Crippen LogP contribution in [0.5, 0.6) is 0 Å². The van der Waals surface area contributed by atoms with E-state index < -0.39 is 11.7 Å². The number of amides is 1. The second kappa shape index (κ2) is 6.20. The molecule has 1 aliphatic carbocycles. The summed E-state index contributed by atoms with van der Waals surface area (Å²) in [4.78, 5) is 11.6. The molecule has 2 rings (SSSR count). The van der Waals surface area contributed by atoms with Gasteiger partial charge in [-0.3, -0.25) is 0 Å². The molecule has 6 heteroatoms. The van der Waals surface area contributed by atoms with Crippen molar-refractivity contribution in [1.82, 2.24) is 10.6 Å². The Hall–Kier alpha value is -1.33. The molecule has 4 nitrogen and oxygen atoms in total. The van der Waals surface area contributed by atoms with Gasteiger partial charge >= 0.3 is 6.09 Å². The maximum atomic E-state index is 12.9. The number of hydrogen-bond donors (Lipinski definition) is 2. The first-order valence-corrected chi connectivity index (χ1v) is 7.29. The van der Waals surface area contributed by atoms with Crippen LogP contribution in [0.1, 0.15) is 32.8 Å². The molecular formula is C15H20ClFN2O2. The van der Waals surface area contributed by atoms with Crippen molar-refractivity contribution in [3.05, 3.63) is 34.6 Å². The monoisotopic (exact) mass is 314 g/mol. The molecule has 0 saturated heterocycles. The highest BCUT2D eigenvalue weighted by molar-refractivity contribution is 6.31. The minimum absolute atomic E-state index is 0.0686. The van der Waals surface area contributed by atoms with Crippen LogP contribution in [0.25, 0.3) is 0 Å². The van der Waals surface area contributed by atoms with E-state index in [0.717, 1.165) is 12.0 Å².